The molecule has 2 amide bonds. The van der Waals surface area contributed by atoms with Crippen LogP contribution in [-0.2, 0) is 20.7 Å². The molecular weight excluding hydrogens is 466 g/mol. The Kier molecular flexibility index (Phi) is 9.01. The number of aryl methyl sites for hydroxylation is 1. The third kappa shape index (κ3) is 8.09. The van der Waals surface area contributed by atoms with Crippen LogP contribution in [0.1, 0.15) is 29.3 Å². The van der Waals surface area contributed by atoms with Crippen LogP contribution in [0.5, 0.6) is 0 Å². The van der Waals surface area contributed by atoms with E-state index in [-0.39, 0.29) is 24.9 Å². The first-order valence-electron chi connectivity index (χ1n) is 9.50. The largest absolute Gasteiger partial charge is 0.466 e. The van der Waals surface area contributed by atoms with Crippen molar-refractivity contribution in [2.75, 3.05) is 18.5 Å². The van der Waals surface area contributed by atoms with E-state index in [0.717, 1.165) is 5.56 Å². The molecule has 0 aromatic heterocycles. The Morgan fingerprint density at radius 2 is 1.90 bits per heavy atom. The fourth-order valence-electron chi connectivity index (χ4n) is 2.62. The second kappa shape index (κ2) is 11.7. The summed E-state index contributed by atoms with van der Waals surface area (Å²) in [6.07, 6.45) is 0.809. The number of hydrogen-bond acceptors (Lipinski definition) is 5. The summed E-state index contributed by atoms with van der Waals surface area (Å²) in [5.74, 6) is -1.20. The van der Waals surface area contributed by atoms with Crippen LogP contribution < -0.4 is 22.1 Å². The lowest BCUT2D eigenvalue weighted by molar-refractivity contribution is -0.143. The molecule has 9 nitrogen and oxygen atoms in total. The Balaban J connectivity index is 1.89. The molecule has 2 aromatic rings. The van der Waals surface area contributed by atoms with E-state index in [1.807, 2.05) is 12.1 Å². The minimum atomic E-state index is -0.434. The molecule has 0 radical (unpaired) electrons. The maximum absolute atomic E-state index is 12.3. The van der Waals surface area contributed by atoms with Crippen LogP contribution in [-0.4, -0.2) is 36.9 Å². The number of nitrogens with two attached hydrogens (primary N) is 2. The Hall–Kier alpha value is -3.40. The average molecular weight is 490 g/mol. The standard InChI is InChI=1S/C21H24BrN5O4/c1-2-31-19(29)9-7-13-6-8-17(16(22)10-13)27-18(28)12-25-20(30)14-4-3-5-15(11-14)26-21(23)24/h3-6,8,10-11H,2,7,9,12H2,1H3,(H,25,30)(H,27,28)(H4,23,24,26). The number of carbonyl (C=O) groups is 3. The van der Waals surface area contributed by atoms with Gasteiger partial charge >= 0.3 is 5.97 Å². The molecular formula is C21H24BrN5O4. The van der Waals surface area contributed by atoms with Gasteiger partial charge in [-0.25, -0.2) is 4.99 Å². The highest BCUT2D eigenvalue weighted by atomic mass is 79.9. The maximum Gasteiger partial charge on any atom is 0.306 e. The fraction of sp³-hybridized carbons (Fsp3) is 0.238. The Morgan fingerprint density at radius 3 is 2.58 bits per heavy atom. The van der Waals surface area contributed by atoms with E-state index >= 15 is 0 Å². The molecule has 0 atom stereocenters. The van der Waals surface area contributed by atoms with E-state index in [2.05, 4.69) is 31.6 Å². The number of guanidine groups is 1. The van der Waals surface area contributed by atoms with Crippen molar-refractivity contribution >= 4 is 51.0 Å². The zero-order valence-corrected chi connectivity index (χ0v) is 18.6. The highest BCUT2D eigenvalue weighted by molar-refractivity contribution is 9.10. The molecule has 0 bridgehead atoms. The van der Waals surface area contributed by atoms with Gasteiger partial charge in [-0.05, 0) is 65.2 Å². The predicted molar refractivity (Wildman–Crippen MR) is 122 cm³/mol. The van der Waals surface area contributed by atoms with Crippen LogP contribution in [0.15, 0.2) is 51.9 Å². The number of nitrogens with one attached hydrogen (secondary N) is 2. The SMILES string of the molecule is CCOC(=O)CCc1ccc(NC(=O)CNC(=O)c2cccc(N=C(N)N)c2)c(Br)c1. The van der Waals surface area contributed by atoms with Gasteiger partial charge in [0.05, 0.1) is 24.5 Å². The molecule has 0 saturated carbocycles. The van der Waals surface area contributed by atoms with Crippen molar-refractivity contribution in [3.8, 4) is 0 Å². The van der Waals surface area contributed by atoms with E-state index in [1.54, 1.807) is 31.2 Å². The maximum atomic E-state index is 12.3. The van der Waals surface area contributed by atoms with Gasteiger partial charge in [0, 0.05) is 16.5 Å². The second-order valence-electron chi connectivity index (χ2n) is 6.44. The molecule has 164 valence electrons. The number of nitrogens with zero attached hydrogens (tertiary/aromatic N) is 1. The molecule has 2 rings (SSSR count). The summed E-state index contributed by atoms with van der Waals surface area (Å²) in [4.78, 5) is 39.8. The number of carbonyl (C=O) groups excluding carboxylic acids is 3. The van der Waals surface area contributed by atoms with Crippen LogP contribution in [0.3, 0.4) is 0 Å². The normalized spacial score (nSPS) is 10.1. The number of halogens is 1. The smallest absolute Gasteiger partial charge is 0.306 e. The van der Waals surface area contributed by atoms with Crippen molar-refractivity contribution in [2.24, 2.45) is 16.5 Å². The van der Waals surface area contributed by atoms with Crippen molar-refractivity contribution < 1.29 is 19.1 Å². The first-order valence-corrected chi connectivity index (χ1v) is 10.3. The lowest BCUT2D eigenvalue weighted by Crippen LogP contribution is -2.32. The van der Waals surface area contributed by atoms with Crippen LogP contribution in [0, 0.1) is 0 Å². The predicted octanol–water partition coefficient (Wildman–Crippen LogP) is 2.22. The van der Waals surface area contributed by atoms with Crippen molar-refractivity contribution in [1.82, 2.24) is 5.32 Å². The van der Waals surface area contributed by atoms with Gasteiger partial charge in [0.2, 0.25) is 5.91 Å². The minimum absolute atomic E-state index is 0.116. The summed E-state index contributed by atoms with van der Waals surface area (Å²) >= 11 is 3.41. The lowest BCUT2D eigenvalue weighted by atomic mass is 10.1. The summed E-state index contributed by atoms with van der Waals surface area (Å²) in [5.41, 5.74) is 12.9. The van der Waals surface area contributed by atoms with Crippen LogP contribution in [0.4, 0.5) is 11.4 Å². The van der Waals surface area contributed by atoms with Crippen molar-refractivity contribution in [2.45, 2.75) is 19.8 Å². The third-order valence-electron chi connectivity index (χ3n) is 4.01. The van der Waals surface area contributed by atoms with Gasteiger partial charge in [0.1, 0.15) is 0 Å². The number of rotatable bonds is 9. The minimum Gasteiger partial charge on any atom is -0.466 e. The highest BCUT2D eigenvalue weighted by Crippen LogP contribution is 2.24. The number of amides is 2. The number of anilines is 1. The van der Waals surface area contributed by atoms with Crippen molar-refractivity contribution in [3.63, 3.8) is 0 Å². The van der Waals surface area contributed by atoms with Gasteiger partial charge in [-0.2, -0.15) is 0 Å². The van der Waals surface area contributed by atoms with E-state index in [9.17, 15) is 14.4 Å². The Labute approximate surface area is 188 Å². The molecule has 0 heterocycles. The molecule has 0 aliphatic carbocycles. The molecule has 6 N–H and O–H groups in total. The molecule has 0 saturated heterocycles. The third-order valence-corrected chi connectivity index (χ3v) is 4.66. The quantitative estimate of drug-likeness (QED) is 0.241. The van der Waals surface area contributed by atoms with Gasteiger partial charge in [0.25, 0.3) is 5.91 Å². The van der Waals surface area contributed by atoms with Gasteiger partial charge in [-0.15, -0.1) is 0 Å². The fourth-order valence-corrected chi connectivity index (χ4v) is 3.14. The Bertz CT molecular complexity index is 989. The molecule has 0 aliphatic heterocycles. The average Bonchev–Trinajstić information content (AvgIpc) is 2.72. The van der Waals surface area contributed by atoms with Crippen LogP contribution in [0.25, 0.3) is 0 Å². The first-order chi connectivity index (χ1) is 14.8. The number of benzene rings is 2. The molecule has 31 heavy (non-hydrogen) atoms. The lowest BCUT2D eigenvalue weighted by Gasteiger charge is -2.10. The molecule has 0 fully saturated rings. The molecule has 0 spiro atoms. The topological polar surface area (TPSA) is 149 Å². The van der Waals surface area contributed by atoms with Gasteiger partial charge < -0.3 is 26.8 Å². The molecule has 0 aliphatic rings. The van der Waals surface area contributed by atoms with Gasteiger partial charge in [0.15, 0.2) is 5.96 Å². The summed E-state index contributed by atoms with van der Waals surface area (Å²) < 4.78 is 5.58. The number of hydrogen-bond donors (Lipinski definition) is 4. The van der Waals surface area contributed by atoms with E-state index in [4.69, 9.17) is 16.2 Å². The number of esters is 1. The van der Waals surface area contributed by atoms with Gasteiger partial charge in [-0.3, -0.25) is 14.4 Å². The van der Waals surface area contributed by atoms with Crippen molar-refractivity contribution in [1.29, 1.82) is 0 Å². The van der Waals surface area contributed by atoms with Crippen LogP contribution >= 0.6 is 15.9 Å². The van der Waals surface area contributed by atoms with Crippen LogP contribution in [0.2, 0.25) is 0 Å². The number of aliphatic imine (C=N–C) groups is 1. The summed E-state index contributed by atoms with van der Waals surface area (Å²) in [6.45, 7) is 1.90. The first kappa shape index (κ1) is 23.9. The van der Waals surface area contributed by atoms with E-state index in [1.165, 1.54) is 6.07 Å². The molecule has 10 heteroatoms. The summed E-state index contributed by atoms with van der Waals surface area (Å²) in [6, 6.07) is 11.7. The molecule has 2 aromatic carbocycles. The highest BCUT2D eigenvalue weighted by Gasteiger charge is 2.11. The zero-order chi connectivity index (χ0) is 22.8. The van der Waals surface area contributed by atoms with Gasteiger partial charge in [-0.1, -0.05) is 12.1 Å². The number of ether oxygens (including phenoxy) is 1. The Morgan fingerprint density at radius 1 is 1.13 bits per heavy atom. The van der Waals surface area contributed by atoms with Crippen molar-refractivity contribution in [3.05, 3.63) is 58.1 Å². The second-order valence-corrected chi connectivity index (χ2v) is 7.29. The van der Waals surface area contributed by atoms with E-state index in [0.29, 0.717) is 34.4 Å². The summed E-state index contributed by atoms with van der Waals surface area (Å²) in [7, 11) is 0. The molecule has 0 unspecified atom stereocenters. The summed E-state index contributed by atoms with van der Waals surface area (Å²) in [5, 5.41) is 5.27. The zero-order valence-electron chi connectivity index (χ0n) is 17.0. The van der Waals surface area contributed by atoms with E-state index < -0.39 is 11.8 Å². The monoisotopic (exact) mass is 489 g/mol.